The van der Waals surface area contributed by atoms with E-state index >= 15 is 0 Å². The molecule has 0 nitrogen and oxygen atoms in total. The minimum atomic E-state index is 0.650. The van der Waals surface area contributed by atoms with Crippen molar-refractivity contribution >= 4 is 21.6 Å². The monoisotopic (exact) mass is 230 g/mol. The van der Waals surface area contributed by atoms with Crippen molar-refractivity contribution in [2.75, 3.05) is 0 Å². The summed E-state index contributed by atoms with van der Waals surface area (Å²) in [5.74, 6) is 1.30. The standard InChI is InChI=1S/C12H22S2/c1-9(2)7-11(5)13-14-12(6)8-10(3)4/h7-10H,1-6H3. The van der Waals surface area contributed by atoms with Crippen LogP contribution in [0.5, 0.6) is 0 Å². The summed E-state index contributed by atoms with van der Waals surface area (Å²) >= 11 is 0. The van der Waals surface area contributed by atoms with Gasteiger partial charge in [0.05, 0.1) is 0 Å². The second kappa shape index (κ2) is 7.47. The number of allylic oxidation sites excluding steroid dienone is 4. The van der Waals surface area contributed by atoms with Gasteiger partial charge in [0.15, 0.2) is 0 Å². The van der Waals surface area contributed by atoms with Crippen LogP contribution in [0.2, 0.25) is 0 Å². The van der Waals surface area contributed by atoms with Crippen molar-refractivity contribution in [3.05, 3.63) is 22.0 Å². The van der Waals surface area contributed by atoms with Crippen LogP contribution in [0, 0.1) is 11.8 Å². The van der Waals surface area contributed by atoms with Crippen LogP contribution in [-0.2, 0) is 0 Å². The highest BCUT2D eigenvalue weighted by atomic mass is 33.1. The molecule has 0 saturated heterocycles. The van der Waals surface area contributed by atoms with Gasteiger partial charge < -0.3 is 0 Å². The lowest BCUT2D eigenvalue weighted by Crippen LogP contribution is -1.80. The molecule has 0 saturated carbocycles. The summed E-state index contributed by atoms with van der Waals surface area (Å²) < 4.78 is 0. The number of rotatable bonds is 5. The van der Waals surface area contributed by atoms with E-state index in [0.29, 0.717) is 11.8 Å². The third-order valence-electron chi connectivity index (χ3n) is 1.44. The minimum absolute atomic E-state index is 0.650. The zero-order valence-corrected chi connectivity index (χ0v) is 11.8. The summed E-state index contributed by atoms with van der Waals surface area (Å²) in [6, 6.07) is 0. The SMILES string of the molecule is CC(=CC(C)C)SSC(C)=CC(C)C. The molecule has 0 atom stereocenters. The van der Waals surface area contributed by atoms with E-state index < -0.39 is 0 Å². The van der Waals surface area contributed by atoms with Gasteiger partial charge in [-0.1, -0.05) is 61.4 Å². The quantitative estimate of drug-likeness (QED) is 0.573. The van der Waals surface area contributed by atoms with Crippen molar-refractivity contribution < 1.29 is 0 Å². The summed E-state index contributed by atoms with van der Waals surface area (Å²) in [4.78, 5) is 2.81. The van der Waals surface area contributed by atoms with Gasteiger partial charge in [0.1, 0.15) is 0 Å². The molecule has 0 unspecified atom stereocenters. The molecule has 0 aliphatic heterocycles. The van der Waals surface area contributed by atoms with Crippen LogP contribution in [-0.4, -0.2) is 0 Å². The van der Waals surface area contributed by atoms with Crippen molar-refractivity contribution in [2.45, 2.75) is 41.5 Å². The van der Waals surface area contributed by atoms with E-state index in [1.807, 2.05) is 21.6 Å². The largest absolute Gasteiger partial charge is 0.0718 e. The first-order valence-corrected chi connectivity index (χ1v) is 7.28. The maximum atomic E-state index is 2.31. The summed E-state index contributed by atoms with van der Waals surface area (Å²) in [6.07, 6.45) is 4.61. The predicted molar refractivity (Wildman–Crippen MR) is 72.4 cm³/mol. The van der Waals surface area contributed by atoms with Gasteiger partial charge in [0.25, 0.3) is 0 Å². The number of hydrogen-bond acceptors (Lipinski definition) is 2. The molecule has 0 radical (unpaired) electrons. The van der Waals surface area contributed by atoms with Crippen LogP contribution in [0.3, 0.4) is 0 Å². The Kier molecular flexibility index (Phi) is 7.56. The van der Waals surface area contributed by atoms with Gasteiger partial charge in [-0.25, -0.2) is 0 Å². The Balaban J connectivity index is 3.94. The molecule has 0 N–H and O–H groups in total. The molecule has 0 amide bonds. The summed E-state index contributed by atoms with van der Waals surface area (Å²) in [7, 11) is 3.73. The lowest BCUT2D eigenvalue weighted by Gasteiger charge is -2.04. The first-order chi connectivity index (χ1) is 6.41. The Labute approximate surface area is 97.0 Å². The lowest BCUT2D eigenvalue weighted by molar-refractivity contribution is 0.828. The molecule has 0 spiro atoms. The van der Waals surface area contributed by atoms with Gasteiger partial charge in [0.2, 0.25) is 0 Å². The highest BCUT2D eigenvalue weighted by molar-refractivity contribution is 8.79. The Morgan fingerprint density at radius 3 is 1.29 bits per heavy atom. The van der Waals surface area contributed by atoms with Crippen LogP contribution < -0.4 is 0 Å². The zero-order chi connectivity index (χ0) is 11.1. The molecular weight excluding hydrogens is 208 g/mol. The first-order valence-electron chi connectivity index (χ1n) is 5.13. The average molecular weight is 230 g/mol. The van der Waals surface area contributed by atoms with Gasteiger partial charge in [-0.3, -0.25) is 0 Å². The van der Waals surface area contributed by atoms with Gasteiger partial charge >= 0.3 is 0 Å². The zero-order valence-electron chi connectivity index (χ0n) is 10.1. The molecule has 0 aromatic rings. The van der Waals surface area contributed by atoms with Crippen LogP contribution >= 0.6 is 21.6 Å². The third kappa shape index (κ3) is 8.76. The maximum Gasteiger partial charge on any atom is -0.0107 e. The fraction of sp³-hybridized carbons (Fsp3) is 0.667. The van der Waals surface area contributed by atoms with E-state index in [1.165, 1.54) is 9.81 Å². The molecular formula is C12H22S2. The highest BCUT2D eigenvalue weighted by Crippen LogP contribution is 2.36. The molecule has 0 aliphatic rings. The van der Waals surface area contributed by atoms with E-state index in [-0.39, 0.29) is 0 Å². The lowest BCUT2D eigenvalue weighted by atomic mass is 10.2. The van der Waals surface area contributed by atoms with Gasteiger partial charge in [-0.05, 0) is 35.5 Å². The third-order valence-corrected chi connectivity index (χ3v) is 4.15. The molecule has 14 heavy (non-hydrogen) atoms. The molecule has 82 valence electrons. The highest BCUT2D eigenvalue weighted by Gasteiger charge is 1.97. The van der Waals surface area contributed by atoms with E-state index in [0.717, 1.165) is 0 Å². The Morgan fingerprint density at radius 2 is 1.07 bits per heavy atom. The second-order valence-electron chi connectivity index (χ2n) is 4.21. The predicted octanol–water partition coefficient (Wildman–Crippen LogP) is 5.49. The van der Waals surface area contributed by atoms with Gasteiger partial charge in [-0.15, -0.1) is 0 Å². The first kappa shape index (κ1) is 14.2. The number of hydrogen-bond donors (Lipinski definition) is 0. The topological polar surface area (TPSA) is 0 Å². The molecule has 2 heteroatoms. The van der Waals surface area contributed by atoms with Crippen molar-refractivity contribution in [3.63, 3.8) is 0 Å². The van der Waals surface area contributed by atoms with Gasteiger partial charge in [0, 0.05) is 0 Å². The van der Waals surface area contributed by atoms with Crippen molar-refractivity contribution in [2.24, 2.45) is 11.8 Å². The molecule has 0 aromatic heterocycles. The van der Waals surface area contributed by atoms with Crippen LogP contribution in [0.15, 0.2) is 22.0 Å². The van der Waals surface area contributed by atoms with E-state index in [4.69, 9.17) is 0 Å². The normalized spacial score (nSPS) is 14.3. The van der Waals surface area contributed by atoms with E-state index in [1.54, 1.807) is 0 Å². The Hall–Kier alpha value is 0.180. The Bertz CT molecular complexity index is 188. The molecule has 0 bridgehead atoms. The van der Waals surface area contributed by atoms with Gasteiger partial charge in [-0.2, -0.15) is 0 Å². The molecule has 0 fully saturated rings. The van der Waals surface area contributed by atoms with E-state index in [2.05, 4.69) is 53.7 Å². The summed E-state index contributed by atoms with van der Waals surface area (Å²) in [6.45, 7) is 13.2. The smallest absolute Gasteiger partial charge is 0.0107 e. The van der Waals surface area contributed by atoms with Crippen molar-refractivity contribution in [1.29, 1.82) is 0 Å². The maximum absolute atomic E-state index is 2.31. The second-order valence-corrected chi connectivity index (χ2v) is 6.83. The average Bonchev–Trinajstić information content (AvgIpc) is 1.98. The molecule has 0 aliphatic carbocycles. The van der Waals surface area contributed by atoms with Crippen molar-refractivity contribution in [3.8, 4) is 0 Å². The fourth-order valence-electron chi connectivity index (χ4n) is 1.13. The summed E-state index contributed by atoms with van der Waals surface area (Å²) in [5, 5.41) is 0. The van der Waals surface area contributed by atoms with Crippen LogP contribution in [0.1, 0.15) is 41.5 Å². The Morgan fingerprint density at radius 1 is 0.786 bits per heavy atom. The van der Waals surface area contributed by atoms with Crippen molar-refractivity contribution in [1.82, 2.24) is 0 Å². The van der Waals surface area contributed by atoms with Crippen LogP contribution in [0.4, 0.5) is 0 Å². The summed E-state index contributed by atoms with van der Waals surface area (Å²) in [5.41, 5.74) is 0. The molecule has 0 rings (SSSR count). The molecule has 0 aromatic carbocycles. The minimum Gasteiger partial charge on any atom is -0.0718 e. The fourth-order valence-corrected chi connectivity index (χ4v) is 3.17. The van der Waals surface area contributed by atoms with Crippen LogP contribution in [0.25, 0.3) is 0 Å². The van der Waals surface area contributed by atoms with E-state index in [9.17, 15) is 0 Å². The molecule has 0 heterocycles.